The Morgan fingerprint density at radius 3 is 2.65 bits per heavy atom. The van der Waals surface area contributed by atoms with E-state index in [0.717, 1.165) is 11.3 Å². The molecular formula is C12H12N2O5S. The first kappa shape index (κ1) is 14.1. The first-order valence-electron chi connectivity index (χ1n) is 5.54. The number of thiazole rings is 1. The molecule has 7 nitrogen and oxygen atoms in total. The van der Waals surface area contributed by atoms with Crippen molar-refractivity contribution in [3.8, 4) is 5.75 Å². The number of esters is 1. The summed E-state index contributed by atoms with van der Waals surface area (Å²) >= 11 is 1.08. The number of nitrogens with one attached hydrogen (secondary N) is 1. The van der Waals surface area contributed by atoms with Gasteiger partial charge in [0.1, 0.15) is 17.9 Å². The van der Waals surface area contributed by atoms with E-state index in [1.54, 1.807) is 12.1 Å². The molecule has 0 saturated heterocycles. The van der Waals surface area contributed by atoms with Gasteiger partial charge in [-0.15, -0.1) is 0 Å². The summed E-state index contributed by atoms with van der Waals surface area (Å²) in [5.41, 5.74) is 0.776. The van der Waals surface area contributed by atoms with E-state index in [4.69, 9.17) is 15.3 Å². The van der Waals surface area contributed by atoms with Gasteiger partial charge in [-0.3, -0.25) is 10.2 Å². The molecule has 0 atom stereocenters. The van der Waals surface area contributed by atoms with Crippen molar-refractivity contribution in [2.75, 3.05) is 14.2 Å². The lowest BCUT2D eigenvalue weighted by Gasteiger charge is -2.08. The number of nitrogens with zero attached hydrogens (tertiary/aromatic N) is 1. The number of carboxylic acids is 1. The van der Waals surface area contributed by atoms with Crippen LogP contribution in [-0.4, -0.2) is 35.8 Å². The number of aliphatic carboxylic acids is 1. The van der Waals surface area contributed by atoms with E-state index in [0.29, 0.717) is 10.2 Å². The van der Waals surface area contributed by atoms with Crippen LogP contribution in [0.25, 0.3) is 10.2 Å². The second-order valence-electron chi connectivity index (χ2n) is 3.90. The van der Waals surface area contributed by atoms with E-state index >= 15 is 0 Å². The number of carbonyl (C=O) groups excluding carboxylic acids is 1. The van der Waals surface area contributed by atoms with Crippen molar-refractivity contribution in [2.24, 2.45) is 0 Å². The first-order chi connectivity index (χ1) is 9.47. The molecule has 2 rings (SSSR count). The zero-order valence-electron chi connectivity index (χ0n) is 10.8. The summed E-state index contributed by atoms with van der Waals surface area (Å²) in [6, 6.07) is 3.08. The molecule has 2 aromatic rings. The molecule has 0 aliphatic heterocycles. The van der Waals surface area contributed by atoms with Gasteiger partial charge in [0.2, 0.25) is 0 Å². The fourth-order valence-electron chi connectivity index (χ4n) is 1.84. The number of methoxy groups -OCH3 is 2. The minimum Gasteiger partial charge on any atom is -0.496 e. The van der Waals surface area contributed by atoms with Gasteiger partial charge in [0, 0.05) is 6.07 Å². The van der Waals surface area contributed by atoms with Crippen molar-refractivity contribution in [1.82, 2.24) is 4.57 Å². The Morgan fingerprint density at radius 1 is 1.40 bits per heavy atom. The predicted molar refractivity (Wildman–Crippen MR) is 71.2 cm³/mol. The molecule has 0 aliphatic rings. The summed E-state index contributed by atoms with van der Waals surface area (Å²) in [4.78, 5) is 22.6. The van der Waals surface area contributed by atoms with Gasteiger partial charge in [-0.05, 0) is 6.07 Å². The molecule has 2 N–H and O–H groups in total. The van der Waals surface area contributed by atoms with Gasteiger partial charge in [-0.1, -0.05) is 11.3 Å². The maximum absolute atomic E-state index is 11.7. The van der Waals surface area contributed by atoms with Gasteiger partial charge >= 0.3 is 11.9 Å². The number of hydrogen-bond donors (Lipinski definition) is 2. The van der Waals surface area contributed by atoms with E-state index in [9.17, 15) is 9.59 Å². The molecule has 8 heteroatoms. The van der Waals surface area contributed by atoms with Gasteiger partial charge in [0.15, 0.2) is 4.80 Å². The molecule has 20 heavy (non-hydrogen) atoms. The van der Waals surface area contributed by atoms with Crippen molar-refractivity contribution in [3.63, 3.8) is 0 Å². The Morgan fingerprint density at radius 2 is 2.10 bits per heavy atom. The first-order valence-corrected chi connectivity index (χ1v) is 6.35. The normalized spacial score (nSPS) is 10.5. The molecule has 0 saturated carbocycles. The van der Waals surface area contributed by atoms with Crippen LogP contribution in [0.4, 0.5) is 0 Å². The van der Waals surface area contributed by atoms with Crippen LogP contribution in [0.3, 0.4) is 0 Å². The summed E-state index contributed by atoms with van der Waals surface area (Å²) in [6.45, 7) is -0.320. The second kappa shape index (κ2) is 5.33. The van der Waals surface area contributed by atoms with Crippen LogP contribution in [-0.2, 0) is 16.1 Å². The third kappa shape index (κ3) is 2.37. The Kier molecular flexibility index (Phi) is 3.75. The number of fused-ring (bicyclic) bond motifs is 1. The van der Waals surface area contributed by atoms with E-state index in [1.165, 1.54) is 18.8 Å². The van der Waals surface area contributed by atoms with Gasteiger partial charge in [0.25, 0.3) is 0 Å². The fourth-order valence-corrected chi connectivity index (χ4v) is 2.77. The van der Waals surface area contributed by atoms with E-state index in [-0.39, 0.29) is 22.7 Å². The molecule has 1 aromatic carbocycles. The SMILES string of the molecule is COC(=O)c1cc2sc(=N)n(CC(=O)O)c2cc1OC. The molecule has 0 fully saturated rings. The van der Waals surface area contributed by atoms with Crippen LogP contribution >= 0.6 is 11.3 Å². The highest BCUT2D eigenvalue weighted by molar-refractivity contribution is 7.16. The van der Waals surface area contributed by atoms with Crippen LogP contribution in [0.15, 0.2) is 12.1 Å². The van der Waals surface area contributed by atoms with Crippen LogP contribution in [0, 0.1) is 5.41 Å². The maximum Gasteiger partial charge on any atom is 0.341 e. The summed E-state index contributed by atoms with van der Waals surface area (Å²) < 4.78 is 11.8. The number of benzene rings is 1. The molecule has 0 radical (unpaired) electrons. The molecular weight excluding hydrogens is 284 g/mol. The van der Waals surface area contributed by atoms with E-state index in [1.807, 2.05) is 0 Å². The number of ether oxygens (including phenoxy) is 2. The molecule has 0 amide bonds. The lowest BCUT2D eigenvalue weighted by Crippen LogP contribution is -2.18. The fraction of sp³-hybridized carbons (Fsp3) is 0.250. The average molecular weight is 296 g/mol. The number of carboxylic acid groups (broad SMARTS) is 1. The second-order valence-corrected chi connectivity index (χ2v) is 4.93. The summed E-state index contributed by atoms with van der Waals surface area (Å²) in [5, 5.41) is 16.7. The molecule has 1 heterocycles. The summed E-state index contributed by atoms with van der Waals surface area (Å²) in [7, 11) is 2.67. The largest absolute Gasteiger partial charge is 0.496 e. The van der Waals surface area contributed by atoms with Crippen molar-refractivity contribution >= 4 is 33.5 Å². The number of rotatable bonds is 4. The van der Waals surface area contributed by atoms with Crippen molar-refractivity contribution in [3.05, 3.63) is 22.5 Å². The molecule has 0 spiro atoms. The minimum atomic E-state index is -1.04. The van der Waals surface area contributed by atoms with E-state index < -0.39 is 11.9 Å². The van der Waals surface area contributed by atoms with E-state index in [2.05, 4.69) is 4.74 Å². The Hall–Kier alpha value is -2.35. The average Bonchev–Trinajstić information content (AvgIpc) is 2.71. The van der Waals surface area contributed by atoms with Crippen LogP contribution in [0.5, 0.6) is 5.75 Å². The van der Waals surface area contributed by atoms with Gasteiger partial charge in [-0.2, -0.15) is 0 Å². The highest BCUT2D eigenvalue weighted by Gasteiger charge is 2.17. The maximum atomic E-state index is 11.7. The highest BCUT2D eigenvalue weighted by Crippen LogP contribution is 2.28. The minimum absolute atomic E-state index is 0.0893. The van der Waals surface area contributed by atoms with Crippen molar-refractivity contribution in [2.45, 2.75) is 6.54 Å². The lowest BCUT2D eigenvalue weighted by molar-refractivity contribution is -0.137. The molecule has 1 aromatic heterocycles. The van der Waals surface area contributed by atoms with Gasteiger partial charge < -0.3 is 19.1 Å². The zero-order chi connectivity index (χ0) is 14.9. The molecule has 0 aliphatic carbocycles. The lowest BCUT2D eigenvalue weighted by atomic mass is 10.2. The van der Waals surface area contributed by atoms with Gasteiger partial charge in [-0.25, -0.2) is 4.79 Å². The summed E-state index contributed by atoms with van der Waals surface area (Å²) in [5.74, 6) is -1.31. The highest BCUT2D eigenvalue weighted by atomic mass is 32.1. The van der Waals surface area contributed by atoms with Crippen LogP contribution < -0.4 is 9.54 Å². The smallest absolute Gasteiger partial charge is 0.341 e. The quantitative estimate of drug-likeness (QED) is 0.821. The number of aromatic nitrogens is 1. The van der Waals surface area contributed by atoms with Crippen molar-refractivity contribution < 1.29 is 24.2 Å². The molecule has 106 valence electrons. The monoisotopic (exact) mass is 296 g/mol. The summed E-state index contributed by atoms with van der Waals surface area (Å²) in [6.07, 6.45) is 0. The molecule has 0 bridgehead atoms. The standard InChI is InChI=1S/C12H12N2O5S/c1-18-8-4-7-9(3-6(8)11(17)19-2)20-12(13)14(7)5-10(15)16/h3-4,13H,5H2,1-2H3,(H,15,16). The van der Waals surface area contributed by atoms with Gasteiger partial charge in [0.05, 0.1) is 24.4 Å². The Labute approximate surface area is 117 Å². The zero-order valence-corrected chi connectivity index (χ0v) is 11.6. The molecule has 0 unspecified atom stereocenters. The number of hydrogen-bond acceptors (Lipinski definition) is 6. The predicted octanol–water partition coefficient (Wildman–Crippen LogP) is 1.06. The number of carbonyl (C=O) groups is 2. The third-order valence-electron chi connectivity index (χ3n) is 2.72. The topological polar surface area (TPSA) is 102 Å². The van der Waals surface area contributed by atoms with Crippen LogP contribution in [0.2, 0.25) is 0 Å². The van der Waals surface area contributed by atoms with Crippen molar-refractivity contribution in [1.29, 1.82) is 5.41 Å². The Bertz CT molecular complexity index is 746. The third-order valence-corrected chi connectivity index (χ3v) is 3.68. The van der Waals surface area contributed by atoms with Crippen LogP contribution in [0.1, 0.15) is 10.4 Å². The Balaban J connectivity index is 2.71.